The summed E-state index contributed by atoms with van der Waals surface area (Å²) >= 11 is 0. The Morgan fingerprint density at radius 1 is 1.28 bits per heavy atom. The number of hydrogen-bond donors (Lipinski definition) is 2. The normalized spacial score (nSPS) is 10.9. The van der Waals surface area contributed by atoms with Gasteiger partial charge in [0.1, 0.15) is 5.82 Å². The molecule has 1 aromatic carbocycles. The van der Waals surface area contributed by atoms with Gasteiger partial charge in [0.15, 0.2) is 0 Å². The van der Waals surface area contributed by atoms with Gasteiger partial charge in [0.05, 0.1) is 0 Å². The highest BCUT2D eigenvalue weighted by Gasteiger charge is 2.03. The van der Waals surface area contributed by atoms with E-state index in [2.05, 4.69) is 46.7 Å². The van der Waals surface area contributed by atoms with Crippen LogP contribution in [0.15, 0.2) is 42.7 Å². The van der Waals surface area contributed by atoms with Crippen LogP contribution in [0.25, 0.3) is 10.9 Å². The minimum atomic E-state index is 0.782. The molecule has 2 aromatic heterocycles. The molecular formula is C14H16N4. The molecule has 0 amide bonds. The van der Waals surface area contributed by atoms with Crippen LogP contribution in [-0.2, 0) is 13.1 Å². The molecule has 4 heteroatoms. The van der Waals surface area contributed by atoms with Gasteiger partial charge in [-0.3, -0.25) is 4.68 Å². The van der Waals surface area contributed by atoms with Crippen LogP contribution in [0.3, 0.4) is 0 Å². The Labute approximate surface area is 106 Å². The zero-order chi connectivity index (χ0) is 12.4. The van der Waals surface area contributed by atoms with Crippen molar-refractivity contribution >= 4 is 16.7 Å². The Bertz CT molecular complexity index is 650. The number of hydrogen-bond acceptors (Lipinski definition) is 2. The number of rotatable bonds is 4. The van der Waals surface area contributed by atoms with Crippen molar-refractivity contribution in [2.45, 2.75) is 20.0 Å². The van der Waals surface area contributed by atoms with Gasteiger partial charge < -0.3 is 10.3 Å². The average molecular weight is 240 g/mol. The molecule has 18 heavy (non-hydrogen) atoms. The molecule has 0 unspecified atom stereocenters. The SMILES string of the molecule is CCn1ccc(NCc2c[nH]c3ccccc23)n1. The highest BCUT2D eigenvalue weighted by Crippen LogP contribution is 2.18. The second kappa shape index (κ2) is 4.56. The van der Waals surface area contributed by atoms with Crippen molar-refractivity contribution in [3.63, 3.8) is 0 Å². The first-order valence-electron chi connectivity index (χ1n) is 6.19. The van der Waals surface area contributed by atoms with Crippen LogP contribution in [-0.4, -0.2) is 14.8 Å². The lowest BCUT2D eigenvalue weighted by Crippen LogP contribution is -2.01. The third-order valence-electron chi connectivity index (χ3n) is 3.10. The van der Waals surface area contributed by atoms with E-state index in [1.807, 2.05) is 23.0 Å². The third-order valence-corrected chi connectivity index (χ3v) is 3.10. The number of fused-ring (bicyclic) bond motifs is 1. The number of aromatic amines is 1. The van der Waals surface area contributed by atoms with Crippen LogP contribution in [0.5, 0.6) is 0 Å². The van der Waals surface area contributed by atoms with Gasteiger partial charge in [0, 0.05) is 42.5 Å². The van der Waals surface area contributed by atoms with E-state index in [0.717, 1.165) is 18.9 Å². The van der Waals surface area contributed by atoms with Crippen molar-refractivity contribution in [2.75, 3.05) is 5.32 Å². The van der Waals surface area contributed by atoms with Gasteiger partial charge >= 0.3 is 0 Å². The van der Waals surface area contributed by atoms with Crippen molar-refractivity contribution in [1.29, 1.82) is 0 Å². The Balaban J connectivity index is 1.76. The number of benzene rings is 1. The first-order valence-corrected chi connectivity index (χ1v) is 6.19. The number of aryl methyl sites for hydroxylation is 1. The molecule has 0 fully saturated rings. The molecule has 0 saturated heterocycles. The maximum Gasteiger partial charge on any atom is 0.148 e. The minimum Gasteiger partial charge on any atom is -0.364 e. The molecule has 92 valence electrons. The molecule has 0 bridgehead atoms. The Hall–Kier alpha value is -2.23. The number of para-hydroxylation sites is 1. The second-order valence-corrected chi connectivity index (χ2v) is 4.27. The summed E-state index contributed by atoms with van der Waals surface area (Å²) in [6.45, 7) is 3.76. The zero-order valence-corrected chi connectivity index (χ0v) is 10.4. The summed E-state index contributed by atoms with van der Waals surface area (Å²) in [6, 6.07) is 10.3. The highest BCUT2D eigenvalue weighted by molar-refractivity contribution is 5.83. The van der Waals surface area contributed by atoms with E-state index in [0.29, 0.717) is 0 Å². The summed E-state index contributed by atoms with van der Waals surface area (Å²) in [5.41, 5.74) is 2.44. The predicted molar refractivity (Wildman–Crippen MR) is 73.5 cm³/mol. The minimum absolute atomic E-state index is 0.782. The Morgan fingerprint density at radius 2 is 2.17 bits per heavy atom. The number of anilines is 1. The number of H-pyrrole nitrogens is 1. The average Bonchev–Trinajstić information content (AvgIpc) is 3.03. The van der Waals surface area contributed by atoms with Gasteiger partial charge in [-0.15, -0.1) is 0 Å². The molecule has 0 aliphatic heterocycles. The standard InChI is InChI=1S/C14H16N4/c1-2-18-8-7-14(17-18)16-10-11-9-15-13-6-4-3-5-12(11)13/h3-9,15H,2,10H2,1H3,(H,16,17). The molecule has 0 radical (unpaired) electrons. The van der Waals surface area contributed by atoms with Crippen molar-refractivity contribution in [1.82, 2.24) is 14.8 Å². The fourth-order valence-electron chi connectivity index (χ4n) is 2.10. The quantitative estimate of drug-likeness (QED) is 0.736. The van der Waals surface area contributed by atoms with Crippen LogP contribution >= 0.6 is 0 Å². The highest BCUT2D eigenvalue weighted by atomic mass is 15.3. The van der Waals surface area contributed by atoms with E-state index in [1.54, 1.807) is 0 Å². The van der Waals surface area contributed by atoms with Gasteiger partial charge in [-0.05, 0) is 18.6 Å². The molecule has 3 aromatic rings. The van der Waals surface area contributed by atoms with Crippen LogP contribution < -0.4 is 5.32 Å². The summed E-state index contributed by atoms with van der Waals surface area (Å²) in [6.07, 6.45) is 4.03. The zero-order valence-electron chi connectivity index (χ0n) is 10.4. The van der Waals surface area contributed by atoms with Crippen LogP contribution in [0.2, 0.25) is 0 Å². The van der Waals surface area contributed by atoms with E-state index >= 15 is 0 Å². The van der Waals surface area contributed by atoms with Crippen LogP contribution in [0.1, 0.15) is 12.5 Å². The summed E-state index contributed by atoms with van der Waals surface area (Å²) in [5.74, 6) is 0.919. The maximum absolute atomic E-state index is 4.40. The molecule has 0 aliphatic carbocycles. The first-order chi connectivity index (χ1) is 8.86. The van der Waals surface area contributed by atoms with Crippen molar-refractivity contribution in [3.05, 3.63) is 48.3 Å². The van der Waals surface area contributed by atoms with Crippen molar-refractivity contribution < 1.29 is 0 Å². The molecule has 0 aliphatic rings. The monoisotopic (exact) mass is 240 g/mol. The Morgan fingerprint density at radius 3 is 3.00 bits per heavy atom. The molecule has 2 N–H and O–H groups in total. The van der Waals surface area contributed by atoms with Gasteiger partial charge in [-0.1, -0.05) is 18.2 Å². The van der Waals surface area contributed by atoms with Crippen molar-refractivity contribution in [2.24, 2.45) is 0 Å². The molecule has 0 atom stereocenters. The van der Waals surface area contributed by atoms with Gasteiger partial charge in [0.2, 0.25) is 0 Å². The van der Waals surface area contributed by atoms with Gasteiger partial charge in [0.25, 0.3) is 0 Å². The molecular weight excluding hydrogens is 224 g/mol. The van der Waals surface area contributed by atoms with E-state index in [4.69, 9.17) is 0 Å². The second-order valence-electron chi connectivity index (χ2n) is 4.27. The summed E-state index contributed by atoms with van der Waals surface area (Å²) < 4.78 is 1.91. The lowest BCUT2D eigenvalue weighted by atomic mass is 10.2. The number of nitrogens with zero attached hydrogens (tertiary/aromatic N) is 2. The molecule has 4 nitrogen and oxygen atoms in total. The lowest BCUT2D eigenvalue weighted by Gasteiger charge is -2.01. The first kappa shape index (κ1) is 10.9. The summed E-state index contributed by atoms with van der Waals surface area (Å²) in [5, 5.41) is 9.01. The van der Waals surface area contributed by atoms with Crippen LogP contribution in [0.4, 0.5) is 5.82 Å². The van der Waals surface area contributed by atoms with E-state index < -0.39 is 0 Å². The maximum atomic E-state index is 4.40. The predicted octanol–water partition coefficient (Wildman–Crippen LogP) is 3.00. The lowest BCUT2D eigenvalue weighted by molar-refractivity contribution is 0.661. The van der Waals surface area contributed by atoms with Gasteiger partial charge in [-0.25, -0.2) is 0 Å². The topological polar surface area (TPSA) is 45.6 Å². The van der Waals surface area contributed by atoms with Gasteiger partial charge in [-0.2, -0.15) is 5.10 Å². The molecule has 3 rings (SSSR count). The van der Waals surface area contributed by atoms with E-state index in [1.165, 1.54) is 16.5 Å². The molecule has 0 saturated carbocycles. The van der Waals surface area contributed by atoms with E-state index in [-0.39, 0.29) is 0 Å². The smallest absolute Gasteiger partial charge is 0.148 e. The number of nitrogens with one attached hydrogen (secondary N) is 2. The summed E-state index contributed by atoms with van der Waals surface area (Å²) in [4.78, 5) is 3.28. The molecule has 0 spiro atoms. The third kappa shape index (κ3) is 1.97. The molecule has 2 heterocycles. The van der Waals surface area contributed by atoms with E-state index in [9.17, 15) is 0 Å². The fourth-order valence-corrected chi connectivity index (χ4v) is 2.10. The summed E-state index contributed by atoms with van der Waals surface area (Å²) in [7, 11) is 0. The van der Waals surface area contributed by atoms with Crippen LogP contribution in [0, 0.1) is 0 Å². The largest absolute Gasteiger partial charge is 0.364 e. The fraction of sp³-hybridized carbons (Fsp3) is 0.214. The Kier molecular flexibility index (Phi) is 2.76. The van der Waals surface area contributed by atoms with Crippen molar-refractivity contribution in [3.8, 4) is 0 Å². The number of aromatic nitrogens is 3.